The standard InChI is InChI=1S/C14H17FN4O/c15-9-4-5-12-11(6-9)13(19-18-12)17-14(20)10-3-1-2-8(10)7-16/h4-6,8,10H,1-3,7,16H2,(H2,17,18,19,20)/t8-,10-/m1/s1. The highest BCUT2D eigenvalue weighted by atomic mass is 19.1. The summed E-state index contributed by atoms with van der Waals surface area (Å²) in [6.45, 7) is 0.522. The zero-order valence-corrected chi connectivity index (χ0v) is 11.0. The van der Waals surface area contributed by atoms with Gasteiger partial charge in [0, 0.05) is 11.3 Å². The van der Waals surface area contributed by atoms with Gasteiger partial charge in [-0.1, -0.05) is 6.42 Å². The van der Waals surface area contributed by atoms with Gasteiger partial charge in [-0.25, -0.2) is 4.39 Å². The van der Waals surface area contributed by atoms with Crippen molar-refractivity contribution in [1.29, 1.82) is 0 Å². The molecule has 0 saturated heterocycles. The molecule has 4 N–H and O–H groups in total. The number of carbonyl (C=O) groups excluding carboxylic acids is 1. The number of aromatic nitrogens is 2. The number of hydrogen-bond acceptors (Lipinski definition) is 3. The van der Waals surface area contributed by atoms with Crippen molar-refractivity contribution >= 4 is 22.6 Å². The van der Waals surface area contributed by atoms with Crippen LogP contribution in [0.15, 0.2) is 18.2 Å². The van der Waals surface area contributed by atoms with Crippen LogP contribution in [-0.2, 0) is 4.79 Å². The van der Waals surface area contributed by atoms with Crippen LogP contribution >= 0.6 is 0 Å². The number of anilines is 1. The Bertz CT molecular complexity index is 639. The minimum atomic E-state index is -0.352. The van der Waals surface area contributed by atoms with Crippen LogP contribution in [0.1, 0.15) is 19.3 Å². The number of nitrogens with one attached hydrogen (secondary N) is 2. The summed E-state index contributed by atoms with van der Waals surface area (Å²) in [6.07, 6.45) is 2.87. The smallest absolute Gasteiger partial charge is 0.229 e. The normalized spacial score (nSPS) is 22.3. The summed E-state index contributed by atoms with van der Waals surface area (Å²) in [5.41, 5.74) is 6.39. The van der Waals surface area contributed by atoms with Crippen LogP contribution in [0.4, 0.5) is 10.2 Å². The molecule has 1 aromatic carbocycles. The van der Waals surface area contributed by atoms with E-state index in [1.165, 1.54) is 12.1 Å². The molecule has 1 aliphatic carbocycles. The van der Waals surface area contributed by atoms with Crippen LogP contribution in [0.25, 0.3) is 10.9 Å². The first-order valence-corrected chi connectivity index (χ1v) is 6.83. The van der Waals surface area contributed by atoms with E-state index < -0.39 is 0 Å². The summed E-state index contributed by atoms with van der Waals surface area (Å²) in [4.78, 5) is 12.3. The van der Waals surface area contributed by atoms with Gasteiger partial charge in [-0.15, -0.1) is 0 Å². The molecule has 3 rings (SSSR count). The Morgan fingerprint density at radius 3 is 3.15 bits per heavy atom. The third-order valence-electron chi connectivity index (χ3n) is 4.07. The van der Waals surface area contributed by atoms with Crippen LogP contribution in [0.3, 0.4) is 0 Å². The van der Waals surface area contributed by atoms with E-state index in [0.717, 1.165) is 19.3 Å². The van der Waals surface area contributed by atoms with E-state index in [9.17, 15) is 9.18 Å². The van der Waals surface area contributed by atoms with Crippen molar-refractivity contribution in [2.75, 3.05) is 11.9 Å². The number of benzene rings is 1. The second kappa shape index (κ2) is 5.20. The lowest BCUT2D eigenvalue weighted by Gasteiger charge is -2.16. The maximum Gasteiger partial charge on any atom is 0.229 e. The number of carbonyl (C=O) groups is 1. The van der Waals surface area contributed by atoms with Crippen LogP contribution in [0, 0.1) is 17.7 Å². The molecule has 20 heavy (non-hydrogen) atoms. The Morgan fingerprint density at radius 1 is 1.50 bits per heavy atom. The molecule has 1 aromatic heterocycles. The molecule has 1 amide bonds. The Hall–Kier alpha value is -1.95. The molecule has 2 aromatic rings. The lowest BCUT2D eigenvalue weighted by atomic mass is 9.95. The second-order valence-corrected chi connectivity index (χ2v) is 5.28. The monoisotopic (exact) mass is 276 g/mol. The average molecular weight is 276 g/mol. The molecular formula is C14H17FN4O. The van der Waals surface area contributed by atoms with E-state index in [1.54, 1.807) is 6.07 Å². The Labute approximate surface area is 115 Å². The van der Waals surface area contributed by atoms with Gasteiger partial charge in [-0.3, -0.25) is 9.89 Å². The van der Waals surface area contributed by atoms with Crippen LogP contribution < -0.4 is 11.1 Å². The maximum atomic E-state index is 13.3. The van der Waals surface area contributed by atoms with E-state index in [1.807, 2.05) is 0 Å². The number of halogens is 1. The number of H-pyrrole nitrogens is 1. The summed E-state index contributed by atoms with van der Waals surface area (Å²) in [5, 5.41) is 10.2. The Morgan fingerprint density at radius 2 is 2.35 bits per heavy atom. The van der Waals surface area contributed by atoms with Crippen LogP contribution in [0.5, 0.6) is 0 Å². The highest BCUT2D eigenvalue weighted by Crippen LogP contribution is 2.32. The van der Waals surface area contributed by atoms with Crippen molar-refractivity contribution < 1.29 is 9.18 Å². The van der Waals surface area contributed by atoms with Gasteiger partial charge >= 0.3 is 0 Å². The lowest BCUT2D eigenvalue weighted by Crippen LogP contribution is -2.29. The van der Waals surface area contributed by atoms with Crippen LogP contribution in [0.2, 0.25) is 0 Å². The summed E-state index contributed by atoms with van der Waals surface area (Å²) >= 11 is 0. The molecule has 2 atom stereocenters. The number of nitrogens with zero attached hydrogens (tertiary/aromatic N) is 1. The third-order valence-corrected chi connectivity index (χ3v) is 4.07. The topological polar surface area (TPSA) is 83.8 Å². The minimum Gasteiger partial charge on any atom is -0.330 e. The highest BCUT2D eigenvalue weighted by molar-refractivity contribution is 6.00. The molecular weight excluding hydrogens is 259 g/mol. The molecule has 1 fully saturated rings. The van der Waals surface area contributed by atoms with Gasteiger partial charge in [0.2, 0.25) is 5.91 Å². The van der Waals surface area contributed by atoms with E-state index in [0.29, 0.717) is 23.3 Å². The first kappa shape index (κ1) is 13.1. The van der Waals surface area contributed by atoms with E-state index in [4.69, 9.17) is 5.73 Å². The van der Waals surface area contributed by atoms with Crippen molar-refractivity contribution in [3.63, 3.8) is 0 Å². The number of amides is 1. The summed E-state index contributed by atoms with van der Waals surface area (Å²) < 4.78 is 13.3. The molecule has 0 spiro atoms. The fraction of sp³-hybridized carbons (Fsp3) is 0.429. The van der Waals surface area contributed by atoms with Gasteiger partial charge in [0.05, 0.1) is 5.52 Å². The predicted octanol–water partition coefficient (Wildman–Crippen LogP) is 2.02. The molecule has 0 unspecified atom stereocenters. The molecule has 106 valence electrons. The van der Waals surface area contributed by atoms with E-state index >= 15 is 0 Å². The zero-order valence-electron chi connectivity index (χ0n) is 11.0. The lowest BCUT2D eigenvalue weighted by molar-refractivity contribution is -0.120. The number of fused-ring (bicyclic) bond motifs is 1. The SMILES string of the molecule is NC[C@H]1CCC[C@H]1C(=O)Nc1n[nH]c2ccc(F)cc12. The molecule has 0 bridgehead atoms. The predicted molar refractivity (Wildman–Crippen MR) is 74.6 cm³/mol. The number of aromatic amines is 1. The highest BCUT2D eigenvalue weighted by Gasteiger charge is 2.32. The van der Waals surface area contributed by atoms with Gasteiger partial charge in [0.1, 0.15) is 5.82 Å². The second-order valence-electron chi connectivity index (χ2n) is 5.28. The van der Waals surface area contributed by atoms with Gasteiger partial charge in [0.15, 0.2) is 5.82 Å². The van der Waals surface area contributed by atoms with Crippen LogP contribution in [-0.4, -0.2) is 22.6 Å². The zero-order chi connectivity index (χ0) is 14.1. The molecule has 6 heteroatoms. The quantitative estimate of drug-likeness (QED) is 0.802. The largest absolute Gasteiger partial charge is 0.330 e. The number of hydrogen-bond donors (Lipinski definition) is 3. The van der Waals surface area contributed by atoms with Crippen molar-refractivity contribution in [3.8, 4) is 0 Å². The minimum absolute atomic E-state index is 0.0692. The van der Waals surface area contributed by atoms with E-state index in [2.05, 4.69) is 15.5 Å². The van der Waals surface area contributed by atoms with Crippen molar-refractivity contribution in [3.05, 3.63) is 24.0 Å². The Balaban J connectivity index is 1.82. The van der Waals surface area contributed by atoms with Crippen molar-refractivity contribution in [2.24, 2.45) is 17.6 Å². The van der Waals surface area contributed by atoms with Gasteiger partial charge < -0.3 is 11.1 Å². The van der Waals surface area contributed by atoms with Crippen molar-refractivity contribution in [1.82, 2.24) is 10.2 Å². The molecule has 0 aliphatic heterocycles. The van der Waals surface area contributed by atoms with Crippen molar-refractivity contribution in [2.45, 2.75) is 19.3 Å². The van der Waals surface area contributed by atoms with Gasteiger partial charge in [-0.05, 0) is 43.5 Å². The molecule has 5 nitrogen and oxygen atoms in total. The summed E-state index contributed by atoms with van der Waals surface area (Å²) in [5.74, 6) is 0.120. The maximum absolute atomic E-state index is 13.3. The summed E-state index contributed by atoms with van der Waals surface area (Å²) in [7, 11) is 0. The first-order valence-electron chi connectivity index (χ1n) is 6.83. The van der Waals surface area contributed by atoms with Gasteiger partial charge in [-0.2, -0.15) is 5.10 Å². The van der Waals surface area contributed by atoms with E-state index in [-0.39, 0.29) is 23.6 Å². The first-order chi connectivity index (χ1) is 9.69. The molecule has 1 saturated carbocycles. The van der Waals surface area contributed by atoms with Gasteiger partial charge in [0.25, 0.3) is 0 Å². The third kappa shape index (κ3) is 2.27. The molecule has 1 heterocycles. The molecule has 0 radical (unpaired) electrons. The Kier molecular flexibility index (Phi) is 3.40. The number of nitrogens with two attached hydrogens (primary N) is 1. The summed E-state index contributed by atoms with van der Waals surface area (Å²) in [6, 6.07) is 4.32. The fourth-order valence-electron chi connectivity index (χ4n) is 2.96. The fourth-order valence-corrected chi connectivity index (χ4v) is 2.96. The number of rotatable bonds is 3. The average Bonchev–Trinajstić information content (AvgIpc) is 3.05. The molecule has 1 aliphatic rings.